The van der Waals surface area contributed by atoms with Crippen LogP contribution in [0.25, 0.3) is 0 Å². The Morgan fingerprint density at radius 1 is 1.57 bits per heavy atom. The average Bonchev–Trinajstić information content (AvgIpc) is 1.35. The predicted octanol–water partition coefficient (Wildman–Crippen LogP) is 0.0383. The van der Waals surface area contributed by atoms with Gasteiger partial charge < -0.3 is 9.79 Å². The summed E-state index contributed by atoms with van der Waals surface area (Å²) >= 11 is 0. The molecule has 0 aliphatic carbocycles. The second-order valence-corrected chi connectivity index (χ2v) is 1.68. The smallest absolute Gasteiger partial charge is 0.301 e. The standard InChI is InChI=1S/FH2O4P.H3P/c1-5-6(2,3)4;/h(H2,2,3,4);1H3. The highest BCUT2D eigenvalue weighted by atomic mass is 31.2. The lowest BCUT2D eigenvalue weighted by Gasteiger charge is -1.87. The zero-order valence-electron chi connectivity index (χ0n) is 3.24. The molecule has 0 heterocycles. The summed E-state index contributed by atoms with van der Waals surface area (Å²) in [5.74, 6) is 0. The van der Waals surface area contributed by atoms with Gasteiger partial charge >= 0.3 is 7.82 Å². The Balaban J connectivity index is 0. The van der Waals surface area contributed by atoms with E-state index < -0.39 is 7.82 Å². The summed E-state index contributed by atoms with van der Waals surface area (Å²) in [6.45, 7) is 0. The zero-order chi connectivity index (χ0) is 5.21. The minimum atomic E-state index is -4.81. The van der Waals surface area contributed by atoms with Crippen molar-refractivity contribution in [2.45, 2.75) is 0 Å². The first-order chi connectivity index (χ1) is 2.56. The van der Waals surface area contributed by atoms with Crippen molar-refractivity contribution in [3.05, 3.63) is 0 Å². The van der Waals surface area contributed by atoms with Gasteiger partial charge in [0.05, 0.1) is 0 Å². The molecule has 0 bridgehead atoms. The molecule has 0 amide bonds. The van der Waals surface area contributed by atoms with Gasteiger partial charge in [-0.15, -0.1) is 0 Å². The van der Waals surface area contributed by atoms with Gasteiger partial charge in [0, 0.05) is 0 Å². The summed E-state index contributed by atoms with van der Waals surface area (Å²) in [5.41, 5.74) is 0. The van der Waals surface area contributed by atoms with Gasteiger partial charge in [-0.25, -0.2) is 4.57 Å². The Morgan fingerprint density at radius 2 is 1.71 bits per heavy atom. The summed E-state index contributed by atoms with van der Waals surface area (Å²) in [7, 11) is -4.81. The number of hydrogen-bond donors (Lipinski definition) is 2. The highest BCUT2D eigenvalue weighted by molar-refractivity contribution is 7.46. The molecule has 46 valence electrons. The third kappa shape index (κ3) is 10.7. The molecule has 0 rings (SSSR count). The van der Waals surface area contributed by atoms with Gasteiger partial charge in [-0.2, -0.15) is 9.90 Å². The fourth-order valence-corrected chi connectivity index (χ4v) is 0. The molecule has 0 aliphatic rings. The summed E-state index contributed by atoms with van der Waals surface area (Å²) in [6.07, 6.45) is 0. The van der Waals surface area contributed by atoms with E-state index in [1.165, 1.54) is 0 Å². The van der Waals surface area contributed by atoms with Crippen molar-refractivity contribution in [3.8, 4) is 0 Å². The second-order valence-electron chi connectivity index (χ2n) is 0.560. The maximum Gasteiger partial charge on any atom is 0.500 e. The van der Waals surface area contributed by atoms with Gasteiger partial charge in [-0.05, 0) is 4.53 Å². The van der Waals surface area contributed by atoms with Crippen LogP contribution < -0.4 is 0 Å². The fourth-order valence-electron chi connectivity index (χ4n) is 0. The minimum absolute atomic E-state index is 0. The van der Waals surface area contributed by atoms with Crippen LogP contribution in [0.15, 0.2) is 0 Å². The van der Waals surface area contributed by atoms with Crippen LogP contribution in [0, 0.1) is 0 Å². The first-order valence-electron chi connectivity index (χ1n) is 0.919. The Hall–Kier alpha value is 0.470. The molecule has 2 N–H and O–H groups in total. The second kappa shape index (κ2) is 3.47. The van der Waals surface area contributed by atoms with Gasteiger partial charge in [-0.3, -0.25) is 0 Å². The van der Waals surface area contributed by atoms with Crippen LogP contribution in [-0.4, -0.2) is 9.79 Å². The molecule has 0 aromatic rings. The van der Waals surface area contributed by atoms with Crippen molar-refractivity contribution in [1.82, 2.24) is 0 Å². The lowest BCUT2D eigenvalue weighted by Crippen LogP contribution is -1.71. The Kier molecular flexibility index (Phi) is 5.18. The van der Waals surface area contributed by atoms with E-state index in [-0.39, 0.29) is 9.90 Å². The first kappa shape index (κ1) is 10.5. The summed E-state index contributed by atoms with van der Waals surface area (Å²) < 4.78 is 21.4. The fraction of sp³-hybridized carbons (Fsp3) is 0. The van der Waals surface area contributed by atoms with Gasteiger partial charge in [-0.1, -0.05) is 4.73 Å². The number of hydrogen-bond acceptors (Lipinski definition) is 2. The van der Waals surface area contributed by atoms with Gasteiger partial charge in [0.15, 0.2) is 0 Å². The van der Waals surface area contributed by atoms with Crippen molar-refractivity contribution in [2.75, 3.05) is 0 Å². The molecule has 0 aromatic heterocycles. The number of halogens is 1. The first-order valence-corrected chi connectivity index (χ1v) is 2.45. The molecular formula is H5FO4P2. The van der Waals surface area contributed by atoms with Crippen LogP contribution in [0.2, 0.25) is 0 Å². The molecule has 1 unspecified atom stereocenters. The van der Waals surface area contributed by atoms with Crippen LogP contribution in [0.3, 0.4) is 0 Å². The van der Waals surface area contributed by atoms with Crippen LogP contribution in [0.1, 0.15) is 0 Å². The SMILES string of the molecule is O=P(O)(O)OF.P. The van der Waals surface area contributed by atoms with Crippen molar-refractivity contribution in [3.63, 3.8) is 0 Å². The lowest BCUT2D eigenvalue weighted by atomic mass is 15.6. The third-order valence-corrected chi connectivity index (χ3v) is 0.270. The third-order valence-electron chi connectivity index (χ3n) is 0.0899. The molecule has 7 heteroatoms. The maximum atomic E-state index is 10.2. The van der Waals surface area contributed by atoms with E-state index in [2.05, 4.69) is 4.73 Å². The normalized spacial score (nSPS) is 10.1. The summed E-state index contributed by atoms with van der Waals surface area (Å²) in [4.78, 5) is 14.7. The summed E-state index contributed by atoms with van der Waals surface area (Å²) in [6, 6.07) is 0. The Morgan fingerprint density at radius 3 is 1.71 bits per heavy atom. The van der Waals surface area contributed by atoms with E-state index in [1.54, 1.807) is 0 Å². The van der Waals surface area contributed by atoms with Crippen LogP contribution in [0.5, 0.6) is 0 Å². The van der Waals surface area contributed by atoms with E-state index in [0.29, 0.717) is 0 Å². The molecule has 7 heavy (non-hydrogen) atoms. The van der Waals surface area contributed by atoms with Crippen LogP contribution >= 0.6 is 17.7 Å². The molecule has 0 aliphatic heterocycles. The molecule has 0 saturated heterocycles. The van der Waals surface area contributed by atoms with E-state index in [1.807, 2.05) is 0 Å². The van der Waals surface area contributed by atoms with Crippen LogP contribution in [-0.2, 0) is 9.29 Å². The molecule has 0 radical (unpaired) electrons. The molecule has 0 fully saturated rings. The maximum absolute atomic E-state index is 10.2. The highest BCUT2D eigenvalue weighted by Crippen LogP contribution is 2.35. The molecule has 4 nitrogen and oxygen atoms in total. The zero-order valence-corrected chi connectivity index (χ0v) is 5.55. The Bertz CT molecular complexity index is 73.8. The average molecular weight is 150 g/mol. The Labute approximate surface area is 42.4 Å². The number of rotatable bonds is 1. The lowest BCUT2D eigenvalue weighted by molar-refractivity contribution is -0.0389. The molecule has 0 saturated carbocycles. The molecule has 1 atom stereocenters. The molecule has 0 aromatic carbocycles. The molecular weight excluding hydrogens is 145 g/mol. The van der Waals surface area contributed by atoms with Crippen molar-refractivity contribution in [2.24, 2.45) is 0 Å². The van der Waals surface area contributed by atoms with Gasteiger partial charge in [0.1, 0.15) is 0 Å². The van der Waals surface area contributed by atoms with Crippen molar-refractivity contribution >= 4 is 17.7 Å². The summed E-state index contributed by atoms with van der Waals surface area (Å²) in [5, 5.41) is 0. The van der Waals surface area contributed by atoms with Crippen LogP contribution in [0.4, 0.5) is 4.53 Å². The van der Waals surface area contributed by atoms with E-state index in [9.17, 15) is 4.53 Å². The number of phosphoric acid groups is 1. The highest BCUT2D eigenvalue weighted by Gasteiger charge is 2.12. The van der Waals surface area contributed by atoms with Gasteiger partial charge in [0.2, 0.25) is 0 Å². The molecule has 0 spiro atoms. The topological polar surface area (TPSA) is 66.8 Å². The van der Waals surface area contributed by atoms with E-state index in [4.69, 9.17) is 14.4 Å². The monoisotopic (exact) mass is 150 g/mol. The van der Waals surface area contributed by atoms with Crippen molar-refractivity contribution in [1.29, 1.82) is 0 Å². The largest absolute Gasteiger partial charge is 0.500 e. The predicted molar refractivity (Wildman–Crippen MR) is 25.3 cm³/mol. The van der Waals surface area contributed by atoms with Gasteiger partial charge in [0.25, 0.3) is 0 Å². The van der Waals surface area contributed by atoms with E-state index >= 15 is 0 Å². The van der Waals surface area contributed by atoms with Crippen molar-refractivity contribution < 1.29 is 23.6 Å². The minimum Gasteiger partial charge on any atom is -0.301 e. The quantitative estimate of drug-likeness (QED) is 0.517. The van der Waals surface area contributed by atoms with E-state index in [0.717, 1.165) is 0 Å².